The first-order valence-electron chi connectivity index (χ1n) is 10.9. The highest BCUT2D eigenvalue weighted by Crippen LogP contribution is 2.34. The van der Waals surface area contributed by atoms with E-state index in [2.05, 4.69) is 5.10 Å². The van der Waals surface area contributed by atoms with E-state index in [1.54, 1.807) is 34.6 Å². The van der Waals surface area contributed by atoms with E-state index in [0.29, 0.717) is 27.6 Å². The first kappa shape index (κ1) is 23.8. The average Bonchev–Trinajstić information content (AvgIpc) is 3.32. The predicted molar refractivity (Wildman–Crippen MR) is 120 cm³/mol. The second-order valence-electron chi connectivity index (χ2n) is 8.58. The molecule has 0 saturated carbocycles. The Morgan fingerprint density at radius 2 is 1.83 bits per heavy atom. The lowest BCUT2D eigenvalue weighted by molar-refractivity contribution is -0.204. The molecular formula is C24H20F3N3O6. The van der Waals surface area contributed by atoms with Crippen molar-refractivity contribution in [2.75, 3.05) is 0 Å². The monoisotopic (exact) mass is 503 g/mol. The van der Waals surface area contributed by atoms with E-state index in [4.69, 9.17) is 14.6 Å². The molecule has 1 aliphatic rings. The number of hydrogen-bond acceptors (Lipinski definition) is 6. The lowest BCUT2D eigenvalue weighted by Crippen LogP contribution is -2.41. The Bertz CT molecular complexity index is 1470. The Morgan fingerprint density at radius 1 is 1.11 bits per heavy atom. The van der Waals surface area contributed by atoms with Gasteiger partial charge in [0.25, 0.3) is 0 Å². The SMILES string of the molecule is Cn1cc2c3cc(C(=O)OC4CC(O)CC(C(=O)O)O4)ccc3n(-c3ccc(C(F)(F)F)cc3)c2n1. The van der Waals surface area contributed by atoms with Gasteiger partial charge in [-0.05, 0) is 42.5 Å². The summed E-state index contributed by atoms with van der Waals surface area (Å²) in [5.41, 5.74) is 0.931. The zero-order valence-corrected chi connectivity index (χ0v) is 18.8. The summed E-state index contributed by atoms with van der Waals surface area (Å²) in [6.07, 6.45) is -6.41. The number of carbonyl (C=O) groups excluding carboxylic acids is 1. The fourth-order valence-electron chi connectivity index (χ4n) is 4.36. The van der Waals surface area contributed by atoms with Crippen molar-refractivity contribution >= 4 is 33.9 Å². The Hall–Kier alpha value is -3.90. The summed E-state index contributed by atoms with van der Waals surface area (Å²) in [6, 6.07) is 9.36. The predicted octanol–water partition coefficient (Wildman–Crippen LogP) is 3.64. The van der Waals surface area contributed by atoms with Crippen molar-refractivity contribution in [3.8, 4) is 5.69 Å². The maximum Gasteiger partial charge on any atom is 0.416 e. The van der Waals surface area contributed by atoms with Crippen LogP contribution < -0.4 is 0 Å². The van der Waals surface area contributed by atoms with Crippen molar-refractivity contribution in [1.29, 1.82) is 0 Å². The summed E-state index contributed by atoms with van der Waals surface area (Å²) in [7, 11) is 1.70. The molecule has 0 radical (unpaired) electrons. The molecule has 1 fully saturated rings. The van der Waals surface area contributed by atoms with Crippen molar-refractivity contribution in [3.05, 3.63) is 59.8 Å². The average molecular weight is 503 g/mol. The lowest BCUT2D eigenvalue weighted by atomic mass is 10.1. The zero-order valence-electron chi connectivity index (χ0n) is 18.8. The highest BCUT2D eigenvalue weighted by atomic mass is 19.4. The Balaban J connectivity index is 1.50. The number of nitrogens with zero attached hydrogens (tertiary/aromatic N) is 3. The minimum absolute atomic E-state index is 0.0606. The lowest BCUT2D eigenvalue weighted by Gasteiger charge is -2.30. The van der Waals surface area contributed by atoms with Gasteiger partial charge in [0.15, 0.2) is 11.8 Å². The van der Waals surface area contributed by atoms with Crippen LogP contribution >= 0.6 is 0 Å². The van der Waals surface area contributed by atoms with Gasteiger partial charge < -0.3 is 19.7 Å². The van der Waals surface area contributed by atoms with Gasteiger partial charge in [-0.2, -0.15) is 18.3 Å². The number of hydrogen-bond donors (Lipinski definition) is 2. The second kappa shape index (κ2) is 8.64. The van der Waals surface area contributed by atoms with Crippen molar-refractivity contribution in [2.45, 2.75) is 37.5 Å². The Kier molecular flexibility index (Phi) is 5.72. The van der Waals surface area contributed by atoms with Crippen LogP contribution in [0.3, 0.4) is 0 Å². The van der Waals surface area contributed by atoms with Gasteiger partial charge in [-0.3, -0.25) is 9.25 Å². The molecular weight excluding hydrogens is 483 g/mol. The van der Waals surface area contributed by atoms with Crippen molar-refractivity contribution in [3.63, 3.8) is 0 Å². The number of aliphatic hydroxyl groups excluding tert-OH is 1. The summed E-state index contributed by atoms with van der Waals surface area (Å²) in [5.74, 6) is -2.04. The Morgan fingerprint density at radius 3 is 2.50 bits per heavy atom. The van der Waals surface area contributed by atoms with Gasteiger partial charge >= 0.3 is 18.1 Å². The molecule has 3 unspecified atom stereocenters. The number of aromatic nitrogens is 3. The molecule has 3 atom stereocenters. The molecule has 9 nitrogen and oxygen atoms in total. The molecule has 1 saturated heterocycles. The van der Waals surface area contributed by atoms with E-state index in [-0.39, 0.29) is 18.4 Å². The molecule has 188 valence electrons. The highest BCUT2D eigenvalue weighted by molar-refractivity contribution is 6.10. The largest absolute Gasteiger partial charge is 0.479 e. The maximum atomic E-state index is 13.0. The number of carbonyl (C=O) groups is 2. The number of carboxylic acids is 1. The molecule has 12 heteroatoms. The van der Waals surface area contributed by atoms with E-state index < -0.39 is 42.2 Å². The van der Waals surface area contributed by atoms with Crippen LogP contribution in [0.15, 0.2) is 48.7 Å². The van der Waals surface area contributed by atoms with Crippen LogP contribution in [-0.2, 0) is 27.5 Å². The quantitative estimate of drug-likeness (QED) is 0.409. The van der Waals surface area contributed by atoms with E-state index >= 15 is 0 Å². The molecule has 36 heavy (non-hydrogen) atoms. The van der Waals surface area contributed by atoms with Crippen LogP contribution in [0.2, 0.25) is 0 Å². The Labute approximate surface area is 201 Å². The summed E-state index contributed by atoms with van der Waals surface area (Å²) < 4.78 is 52.9. The molecule has 2 N–H and O–H groups in total. The van der Waals surface area contributed by atoms with Crippen LogP contribution in [0.25, 0.3) is 27.6 Å². The van der Waals surface area contributed by atoms with E-state index in [0.717, 1.165) is 12.1 Å². The van der Waals surface area contributed by atoms with E-state index in [9.17, 15) is 27.9 Å². The van der Waals surface area contributed by atoms with Gasteiger partial charge in [0, 0.05) is 42.5 Å². The van der Waals surface area contributed by atoms with Crippen molar-refractivity contribution in [2.24, 2.45) is 7.05 Å². The minimum Gasteiger partial charge on any atom is -0.479 e. The van der Waals surface area contributed by atoms with Crippen LogP contribution in [0.4, 0.5) is 13.2 Å². The molecule has 2 aromatic carbocycles. The third kappa shape index (κ3) is 4.29. The number of esters is 1. The summed E-state index contributed by atoms with van der Waals surface area (Å²) >= 11 is 0. The number of carboxylic acid groups (broad SMARTS) is 1. The number of aryl methyl sites for hydroxylation is 1. The van der Waals surface area contributed by atoms with Gasteiger partial charge in [0.1, 0.15) is 0 Å². The first-order chi connectivity index (χ1) is 17.0. The fourth-order valence-corrected chi connectivity index (χ4v) is 4.36. The molecule has 0 aliphatic carbocycles. The van der Waals surface area contributed by atoms with Gasteiger partial charge in [-0.15, -0.1) is 0 Å². The zero-order chi connectivity index (χ0) is 25.8. The van der Waals surface area contributed by atoms with Crippen LogP contribution in [-0.4, -0.2) is 55.0 Å². The number of halogens is 3. The van der Waals surface area contributed by atoms with Crippen molar-refractivity contribution in [1.82, 2.24) is 14.3 Å². The molecule has 4 aromatic rings. The number of ether oxygens (including phenoxy) is 2. The molecule has 0 bridgehead atoms. The van der Waals surface area contributed by atoms with E-state index in [1.165, 1.54) is 18.2 Å². The summed E-state index contributed by atoms with van der Waals surface area (Å²) in [4.78, 5) is 24.0. The van der Waals surface area contributed by atoms with Gasteiger partial charge in [0.2, 0.25) is 6.29 Å². The smallest absolute Gasteiger partial charge is 0.416 e. The maximum absolute atomic E-state index is 13.0. The molecule has 0 spiro atoms. The molecule has 2 aromatic heterocycles. The summed E-state index contributed by atoms with van der Waals surface area (Å²) in [6.45, 7) is 0. The number of fused-ring (bicyclic) bond motifs is 3. The molecule has 1 aliphatic heterocycles. The molecule has 5 rings (SSSR count). The normalized spacial score (nSPS) is 20.6. The second-order valence-corrected chi connectivity index (χ2v) is 8.58. The number of benzene rings is 2. The third-order valence-electron chi connectivity index (χ3n) is 6.02. The number of aliphatic hydroxyl groups is 1. The minimum atomic E-state index is -4.46. The van der Waals surface area contributed by atoms with Gasteiger partial charge in [0.05, 0.1) is 22.7 Å². The molecule has 3 heterocycles. The van der Waals surface area contributed by atoms with Crippen LogP contribution in [0.1, 0.15) is 28.8 Å². The van der Waals surface area contributed by atoms with E-state index in [1.807, 2.05) is 0 Å². The van der Waals surface area contributed by atoms with Crippen LogP contribution in [0.5, 0.6) is 0 Å². The number of alkyl halides is 3. The number of rotatable bonds is 4. The third-order valence-corrected chi connectivity index (χ3v) is 6.02. The van der Waals surface area contributed by atoms with Crippen LogP contribution in [0, 0.1) is 0 Å². The van der Waals surface area contributed by atoms with Crippen molar-refractivity contribution < 1.29 is 42.4 Å². The number of aliphatic carboxylic acids is 1. The summed E-state index contributed by atoms with van der Waals surface area (Å²) in [5, 5.41) is 24.8. The highest BCUT2D eigenvalue weighted by Gasteiger charge is 2.35. The van der Waals surface area contributed by atoms with Gasteiger partial charge in [-0.25, -0.2) is 9.59 Å². The topological polar surface area (TPSA) is 116 Å². The fraction of sp³-hybridized carbons (Fsp3) is 0.292. The van der Waals surface area contributed by atoms with Gasteiger partial charge in [-0.1, -0.05) is 0 Å². The standard InChI is InChI=1S/C24H20F3N3O6/c1-29-11-17-16-8-12(23(34)36-20-10-15(31)9-19(35-20)22(32)33)2-7-18(16)30(21(17)28-29)14-5-3-13(4-6-14)24(25,26)27/h2-8,11,15,19-20,31H,9-10H2,1H3,(H,32,33). The first-order valence-corrected chi connectivity index (χ1v) is 10.9. The molecule has 0 amide bonds.